The van der Waals surface area contributed by atoms with Gasteiger partial charge in [-0.3, -0.25) is 9.59 Å². The molecule has 2 aliphatic carbocycles. The van der Waals surface area contributed by atoms with Gasteiger partial charge in [0.1, 0.15) is 10.8 Å². The van der Waals surface area contributed by atoms with Gasteiger partial charge in [0.2, 0.25) is 5.91 Å². The van der Waals surface area contributed by atoms with Gasteiger partial charge in [0.15, 0.2) is 5.78 Å². The minimum absolute atomic E-state index is 0.117. The van der Waals surface area contributed by atoms with Crippen molar-refractivity contribution in [1.82, 2.24) is 5.16 Å². The van der Waals surface area contributed by atoms with Crippen LogP contribution in [-0.2, 0) is 24.1 Å². The molecule has 1 saturated carbocycles. The number of amides is 1. The molecule has 0 unspecified atom stereocenters. The van der Waals surface area contributed by atoms with E-state index in [1.54, 1.807) is 11.3 Å². The van der Waals surface area contributed by atoms with Crippen LogP contribution < -0.4 is 5.32 Å². The molecule has 5 nitrogen and oxygen atoms in total. The van der Waals surface area contributed by atoms with Crippen molar-refractivity contribution in [3.05, 3.63) is 33.0 Å². The summed E-state index contributed by atoms with van der Waals surface area (Å²) in [6, 6.07) is 0. The molecule has 24 heavy (non-hydrogen) atoms. The van der Waals surface area contributed by atoms with Gasteiger partial charge in [0, 0.05) is 16.4 Å². The molecule has 1 amide bonds. The largest absolute Gasteiger partial charge is 0.361 e. The fraction of sp³-hybridized carbons (Fsp3) is 0.500. The average Bonchev–Trinajstić information content (AvgIpc) is 3.12. The summed E-state index contributed by atoms with van der Waals surface area (Å²) in [7, 11) is 0. The number of aryl methyl sites for hydroxylation is 3. The first kappa shape index (κ1) is 15.6. The molecular formula is C18H20N2O3S. The Morgan fingerprint density at radius 2 is 2.08 bits per heavy atom. The van der Waals surface area contributed by atoms with Gasteiger partial charge < -0.3 is 9.84 Å². The van der Waals surface area contributed by atoms with Gasteiger partial charge in [-0.25, -0.2) is 0 Å². The topological polar surface area (TPSA) is 72.2 Å². The Morgan fingerprint density at radius 1 is 1.29 bits per heavy atom. The minimum atomic E-state index is -0.117. The number of thiophene rings is 1. The number of Topliss-reactive ketones (excluding diaryl/α,β-unsaturated/α-hetero) is 1. The van der Waals surface area contributed by atoms with Gasteiger partial charge in [-0.2, -0.15) is 0 Å². The monoisotopic (exact) mass is 344 g/mol. The van der Waals surface area contributed by atoms with E-state index in [0.717, 1.165) is 53.9 Å². The molecule has 1 fully saturated rings. The maximum absolute atomic E-state index is 12.7. The van der Waals surface area contributed by atoms with Gasteiger partial charge in [0.25, 0.3) is 0 Å². The van der Waals surface area contributed by atoms with Crippen LogP contribution >= 0.6 is 11.3 Å². The quantitative estimate of drug-likeness (QED) is 0.841. The summed E-state index contributed by atoms with van der Waals surface area (Å²) in [6.07, 6.45) is 5.27. The Morgan fingerprint density at radius 3 is 2.75 bits per heavy atom. The third-order valence-corrected chi connectivity index (χ3v) is 6.09. The first-order valence-corrected chi connectivity index (χ1v) is 9.26. The second-order valence-electron chi connectivity index (χ2n) is 6.73. The highest BCUT2D eigenvalue weighted by atomic mass is 32.1. The number of ketones is 1. The number of aromatic nitrogens is 1. The number of anilines is 1. The van der Waals surface area contributed by atoms with E-state index < -0.39 is 0 Å². The van der Waals surface area contributed by atoms with Crippen molar-refractivity contribution in [3.63, 3.8) is 0 Å². The molecular weight excluding hydrogens is 324 g/mol. The Hall–Kier alpha value is -1.95. The van der Waals surface area contributed by atoms with Gasteiger partial charge in [-0.15, -0.1) is 11.3 Å². The molecule has 2 aliphatic rings. The van der Waals surface area contributed by atoms with Crippen LogP contribution in [0, 0.1) is 19.8 Å². The van der Waals surface area contributed by atoms with Crippen LogP contribution in [0.5, 0.6) is 0 Å². The molecule has 0 atom stereocenters. The van der Waals surface area contributed by atoms with Crippen molar-refractivity contribution in [1.29, 1.82) is 0 Å². The van der Waals surface area contributed by atoms with E-state index in [4.69, 9.17) is 4.52 Å². The molecule has 126 valence electrons. The summed E-state index contributed by atoms with van der Waals surface area (Å²) >= 11 is 1.58. The van der Waals surface area contributed by atoms with Crippen molar-refractivity contribution in [2.45, 2.75) is 52.4 Å². The van der Waals surface area contributed by atoms with Gasteiger partial charge in [0.05, 0.1) is 17.7 Å². The van der Waals surface area contributed by atoms with Crippen LogP contribution in [0.1, 0.15) is 57.1 Å². The maximum Gasteiger partial charge on any atom is 0.229 e. The summed E-state index contributed by atoms with van der Waals surface area (Å²) in [5.41, 5.74) is 3.55. The van der Waals surface area contributed by atoms with Gasteiger partial charge in [-0.05, 0) is 51.5 Å². The smallest absolute Gasteiger partial charge is 0.229 e. The zero-order valence-corrected chi connectivity index (χ0v) is 14.7. The molecule has 0 spiro atoms. The van der Waals surface area contributed by atoms with Crippen LogP contribution in [0.2, 0.25) is 0 Å². The Labute approximate surface area is 144 Å². The third kappa shape index (κ3) is 2.69. The normalized spacial score (nSPS) is 16.2. The standard InChI is InChI=1S/C18H20N2O3S/c1-9-13(10(2)23-20-9)8-15(21)19-18-16(17(22)11-6-7-11)12-4-3-5-14(12)24-18/h11H,3-8H2,1-2H3,(H,19,21). The Kier molecular flexibility index (Phi) is 3.79. The van der Waals surface area contributed by atoms with E-state index in [-0.39, 0.29) is 24.0 Å². The van der Waals surface area contributed by atoms with E-state index in [1.807, 2.05) is 13.8 Å². The lowest BCUT2D eigenvalue weighted by molar-refractivity contribution is -0.115. The Bertz CT molecular complexity index is 810. The van der Waals surface area contributed by atoms with Gasteiger partial charge in [-0.1, -0.05) is 5.16 Å². The number of hydrogen-bond acceptors (Lipinski definition) is 5. The molecule has 2 aromatic rings. The van der Waals surface area contributed by atoms with E-state index >= 15 is 0 Å². The molecule has 0 bridgehead atoms. The lowest BCUT2D eigenvalue weighted by Gasteiger charge is -2.07. The lowest BCUT2D eigenvalue weighted by atomic mass is 10.0. The summed E-state index contributed by atoms with van der Waals surface area (Å²) in [5, 5.41) is 7.62. The minimum Gasteiger partial charge on any atom is -0.361 e. The maximum atomic E-state index is 12.7. The molecule has 0 saturated heterocycles. The average molecular weight is 344 g/mol. The summed E-state index contributed by atoms with van der Waals surface area (Å²) in [6.45, 7) is 3.64. The third-order valence-electron chi connectivity index (χ3n) is 4.89. The fourth-order valence-corrected chi connectivity index (χ4v) is 4.70. The lowest BCUT2D eigenvalue weighted by Crippen LogP contribution is -2.17. The molecule has 0 aliphatic heterocycles. The zero-order chi connectivity index (χ0) is 16.8. The highest BCUT2D eigenvalue weighted by molar-refractivity contribution is 7.17. The molecule has 0 radical (unpaired) electrons. The van der Waals surface area contributed by atoms with Crippen molar-refractivity contribution < 1.29 is 14.1 Å². The molecule has 2 aromatic heterocycles. The van der Waals surface area contributed by atoms with Crippen molar-refractivity contribution in [3.8, 4) is 0 Å². The number of nitrogens with one attached hydrogen (secondary N) is 1. The van der Waals surface area contributed by atoms with E-state index in [9.17, 15) is 9.59 Å². The van der Waals surface area contributed by atoms with Crippen molar-refractivity contribution >= 4 is 28.0 Å². The van der Waals surface area contributed by atoms with Crippen LogP contribution in [0.15, 0.2) is 4.52 Å². The molecule has 4 rings (SSSR count). The van der Waals surface area contributed by atoms with Crippen LogP contribution in [-0.4, -0.2) is 16.8 Å². The second kappa shape index (κ2) is 5.84. The predicted octanol–water partition coefficient (Wildman–Crippen LogP) is 3.62. The van der Waals surface area contributed by atoms with Gasteiger partial charge >= 0.3 is 0 Å². The van der Waals surface area contributed by atoms with Crippen molar-refractivity contribution in [2.24, 2.45) is 5.92 Å². The first-order chi connectivity index (χ1) is 11.5. The molecule has 1 N–H and O–H groups in total. The fourth-order valence-electron chi connectivity index (χ4n) is 3.39. The zero-order valence-electron chi connectivity index (χ0n) is 13.9. The number of carbonyl (C=O) groups is 2. The second-order valence-corrected chi connectivity index (χ2v) is 7.83. The SMILES string of the molecule is Cc1noc(C)c1CC(=O)Nc1sc2c(c1C(=O)C1CC1)CCC2. The molecule has 2 heterocycles. The van der Waals surface area contributed by atoms with Crippen LogP contribution in [0.3, 0.4) is 0 Å². The summed E-state index contributed by atoms with van der Waals surface area (Å²) in [5.74, 6) is 0.948. The molecule has 6 heteroatoms. The summed E-state index contributed by atoms with van der Waals surface area (Å²) in [4.78, 5) is 26.4. The Balaban J connectivity index is 1.58. The van der Waals surface area contributed by atoms with Crippen LogP contribution in [0.4, 0.5) is 5.00 Å². The van der Waals surface area contributed by atoms with Crippen LogP contribution in [0.25, 0.3) is 0 Å². The highest BCUT2D eigenvalue weighted by Gasteiger charge is 2.36. The highest BCUT2D eigenvalue weighted by Crippen LogP contribution is 2.43. The van der Waals surface area contributed by atoms with E-state index in [2.05, 4.69) is 10.5 Å². The predicted molar refractivity (Wildman–Crippen MR) is 91.7 cm³/mol. The number of rotatable bonds is 5. The number of carbonyl (C=O) groups excluding carboxylic acids is 2. The van der Waals surface area contributed by atoms with Crippen molar-refractivity contribution in [2.75, 3.05) is 5.32 Å². The van der Waals surface area contributed by atoms with E-state index in [1.165, 1.54) is 10.4 Å². The molecule has 0 aromatic carbocycles. The number of hydrogen-bond donors (Lipinski definition) is 1. The van der Waals surface area contributed by atoms with E-state index in [0.29, 0.717) is 5.76 Å². The first-order valence-electron chi connectivity index (χ1n) is 8.45. The summed E-state index contributed by atoms with van der Waals surface area (Å²) < 4.78 is 5.12. The number of fused-ring (bicyclic) bond motifs is 1. The number of nitrogens with zero attached hydrogens (tertiary/aromatic N) is 1.